The van der Waals surface area contributed by atoms with Gasteiger partial charge in [0, 0.05) is 45.6 Å². The van der Waals surface area contributed by atoms with E-state index in [1.807, 2.05) is 34.8 Å². The van der Waals surface area contributed by atoms with E-state index in [9.17, 15) is 9.59 Å². The number of aryl methyl sites for hydroxylation is 1. The highest BCUT2D eigenvalue weighted by molar-refractivity contribution is 5.84. The Balaban J connectivity index is 2.07. The second-order valence-corrected chi connectivity index (χ2v) is 7.31. The molecular weight excluding hydrogens is 304 g/mol. The Morgan fingerprint density at radius 2 is 1.96 bits per heavy atom. The fourth-order valence-electron chi connectivity index (χ4n) is 2.83. The number of nitrogens with zero attached hydrogens (tertiary/aromatic N) is 4. The van der Waals surface area contributed by atoms with E-state index < -0.39 is 0 Å². The van der Waals surface area contributed by atoms with E-state index in [-0.39, 0.29) is 18.5 Å². The molecule has 1 aliphatic rings. The minimum atomic E-state index is -0.105. The normalized spacial score (nSPS) is 13.9. The van der Waals surface area contributed by atoms with Gasteiger partial charge in [-0.3, -0.25) is 4.79 Å². The average molecular weight is 334 g/mol. The van der Waals surface area contributed by atoms with Gasteiger partial charge in [-0.1, -0.05) is 13.8 Å². The van der Waals surface area contributed by atoms with E-state index in [4.69, 9.17) is 0 Å². The molecule has 1 aromatic heterocycles. The topological polar surface area (TPSA) is 48.8 Å². The summed E-state index contributed by atoms with van der Waals surface area (Å²) >= 11 is 0. The van der Waals surface area contributed by atoms with Crippen LogP contribution in [0, 0.1) is 5.92 Å². The molecule has 1 heterocycles. The molecule has 3 amide bonds. The largest absolute Gasteiger partial charge is 0.353 e. The summed E-state index contributed by atoms with van der Waals surface area (Å²) in [6.07, 6.45) is 4.11. The SMILES string of the molecule is CC(C)CN(CC(=O)N(Cc1cccn1C)C1CC1)C(=O)N(C)C. The first kappa shape index (κ1) is 18.4. The number of carbonyl (C=O) groups excluding carboxylic acids is 2. The molecular formula is C18H30N4O2. The molecule has 24 heavy (non-hydrogen) atoms. The van der Waals surface area contributed by atoms with Gasteiger partial charge < -0.3 is 19.3 Å². The highest BCUT2D eigenvalue weighted by Crippen LogP contribution is 2.28. The lowest BCUT2D eigenvalue weighted by molar-refractivity contribution is -0.133. The maximum Gasteiger partial charge on any atom is 0.319 e. The molecule has 6 nitrogen and oxygen atoms in total. The minimum absolute atomic E-state index is 0.0366. The van der Waals surface area contributed by atoms with Gasteiger partial charge >= 0.3 is 6.03 Å². The fourth-order valence-corrected chi connectivity index (χ4v) is 2.83. The van der Waals surface area contributed by atoms with Crippen LogP contribution in [0.15, 0.2) is 18.3 Å². The molecule has 134 valence electrons. The van der Waals surface area contributed by atoms with Crippen molar-refractivity contribution in [2.45, 2.75) is 39.3 Å². The van der Waals surface area contributed by atoms with Crippen LogP contribution in [0.5, 0.6) is 0 Å². The van der Waals surface area contributed by atoms with Crippen molar-refractivity contribution in [3.63, 3.8) is 0 Å². The van der Waals surface area contributed by atoms with Crippen LogP contribution in [-0.2, 0) is 18.4 Å². The summed E-state index contributed by atoms with van der Waals surface area (Å²) in [5, 5.41) is 0. The molecule has 0 saturated heterocycles. The fraction of sp³-hybridized carbons (Fsp3) is 0.667. The standard InChI is InChI=1S/C18H30N4O2/c1-14(2)11-21(18(24)19(3)4)13-17(23)22(15-8-9-15)12-16-7-6-10-20(16)5/h6-7,10,14-15H,8-9,11-13H2,1-5H3. The number of hydrogen-bond acceptors (Lipinski definition) is 2. The Morgan fingerprint density at radius 3 is 2.42 bits per heavy atom. The highest BCUT2D eigenvalue weighted by atomic mass is 16.2. The molecule has 1 aromatic rings. The third kappa shape index (κ3) is 4.76. The molecule has 0 spiro atoms. The van der Waals surface area contributed by atoms with Gasteiger partial charge in [0.25, 0.3) is 0 Å². The van der Waals surface area contributed by atoms with E-state index >= 15 is 0 Å². The molecule has 0 aliphatic heterocycles. The van der Waals surface area contributed by atoms with Gasteiger partial charge in [0.05, 0.1) is 6.54 Å². The van der Waals surface area contributed by atoms with Gasteiger partial charge in [0.1, 0.15) is 6.54 Å². The Labute approximate surface area is 145 Å². The van der Waals surface area contributed by atoms with Crippen LogP contribution < -0.4 is 0 Å². The summed E-state index contributed by atoms with van der Waals surface area (Å²) < 4.78 is 2.04. The Kier molecular flexibility index (Phi) is 5.91. The summed E-state index contributed by atoms with van der Waals surface area (Å²) in [5.41, 5.74) is 1.12. The first-order chi connectivity index (χ1) is 11.3. The van der Waals surface area contributed by atoms with E-state index in [0.29, 0.717) is 25.0 Å². The van der Waals surface area contributed by atoms with Gasteiger partial charge in [-0.2, -0.15) is 0 Å². The van der Waals surface area contributed by atoms with Crippen molar-refractivity contribution in [1.29, 1.82) is 0 Å². The van der Waals surface area contributed by atoms with Gasteiger partial charge in [-0.05, 0) is 30.9 Å². The molecule has 0 bridgehead atoms. The van der Waals surface area contributed by atoms with E-state index in [1.54, 1.807) is 19.0 Å². The quantitative estimate of drug-likeness (QED) is 0.767. The summed E-state index contributed by atoms with van der Waals surface area (Å²) in [6, 6.07) is 4.25. The van der Waals surface area contributed by atoms with Crippen LogP contribution >= 0.6 is 0 Å². The summed E-state index contributed by atoms with van der Waals surface area (Å²) in [4.78, 5) is 30.4. The number of hydrogen-bond donors (Lipinski definition) is 0. The van der Waals surface area contributed by atoms with Crippen molar-refractivity contribution < 1.29 is 9.59 Å². The molecule has 1 fully saturated rings. The van der Waals surface area contributed by atoms with Crippen LogP contribution in [-0.4, -0.2) is 64.4 Å². The van der Waals surface area contributed by atoms with Crippen molar-refractivity contribution in [1.82, 2.24) is 19.3 Å². The third-order valence-electron chi connectivity index (χ3n) is 4.26. The lowest BCUT2D eigenvalue weighted by Crippen LogP contribution is -2.48. The lowest BCUT2D eigenvalue weighted by atomic mass is 10.2. The van der Waals surface area contributed by atoms with Crippen molar-refractivity contribution in [3.8, 4) is 0 Å². The first-order valence-electron chi connectivity index (χ1n) is 8.65. The zero-order valence-electron chi connectivity index (χ0n) is 15.5. The predicted octanol–water partition coefficient (Wildman–Crippen LogP) is 2.16. The smallest absolute Gasteiger partial charge is 0.319 e. The average Bonchev–Trinajstić information content (AvgIpc) is 3.25. The van der Waals surface area contributed by atoms with Crippen LogP contribution in [0.2, 0.25) is 0 Å². The number of rotatable bonds is 7. The van der Waals surface area contributed by atoms with Crippen molar-refractivity contribution >= 4 is 11.9 Å². The van der Waals surface area contributed by atoms with Crippen LogP contribution in [0.1, 0.15) is 32.4 Å². The Bertz CT molecular complexity index is 575. The Morgan fingerprint density at radius 1 is 1.29 bits per heavy atom. The molecule has 2 rings (SSSR count). The van der Waals surface area contributed by atoms with Crippen LogP contribution in [0.3, 0.4) is 0 Å². The van der Waals surface area contributed by atoms with E-state index in [2.05, 4.69) is 13.8 Å². The number of urea groups is 1. The number of amides is 3. The van der Waals surface area contributed by atoms with Crippen LogP contribution in [0.25, 0.3) is 0 Å². The maximum atomic E-state index is 12.9. The molecule has 0 radical (unpaired) electrons. The zero-order chi connectivity index (χ0) is 17.9. The first-order valence-corrected chi connectivity index (χ1v) is 8.65. The van der Waals surface area contributed by atoms with Gasteiger partial charge in [-0.15, -0.1) is 0 Å². The molecule has 0 aromatic carbocycles. The molecule has 0 atom stereocenters. The summed E-state index contributed by atoms with van der Waals surface area (Å²) in [7, 11) is 5.44. The highest BCUT2D eigenvalue weighted by Gasteiger charge is 2.34. The van der Waals surface area contributed by atoms with Crippen molar-refractivity contribution in [3.05, 3.63) is 24.0 Å². The Hall–Kier alpha value is -1.98. The lowest BCUT2D eigenvalue weighted by Gasteiger charge is -2.30. The molecule has 1 aliphatic carbocycles. The molecule has 6 heteroatoms. The molecule has 0 unspecified atom stereocenters. The summed E-state index contributed by atoms with van der Waals surface area (Å²) in [6.45, 7) is 5.46. The number of aromatic nitrogens is 1. The predicted molar refractivity (Wildman–Crippen MR) is 94.5 cm³/mol. The van der Waals surface area contributed by atoms with Gasteiger partial charge in [0.15, 0.2) is 0 Å². The third-order valence-corrected chi connectivity index (χ3v) is 4.26. The van der Waals surface area contributed by atoms with Gasteiger partial charge in [0.2, 0.25) is 5.91 Å². The monoisotopic (exact) mass is 334 g/mol. The zero-order valence-corrected chi connectivity index (χ0v) is 15.5. The molecule has 0 N–H and O–H groups in total. The second kappa shape index (κ2) is 7.73. The van der Waals surface area contributed by atoms with Crippen molar-refractivity contribution in [2.24, 2.45) is 13.0 Å². The number of carbonyl (C=O) groups is 2. The van der Waals surface area contributed by atoms with Crippen molar-refractivity contribution in [2.75, 3.05) is 27.2 Å². The van der Waals surface area contributed by atoms with Crippen LogP contribution in [0.4, 0.5) is 4.79 Å². The summed E-state index contributed by atoms with van der Waals surface area (Å²) in [5.74, 6) is 0.360. The van der Waals surface area contributed by atoms with E-state index in [1.165, 1.54) is 4.90 Å². The van der Waals surface area contributed by atoms with Gasteiger partial charge in [-0.25, -0.2) is 4.79 Å². The van der Waals surface area contributed by atoms with E-state index in [0.717, 1.165) is 18.5 Å². The maximum absolute atomic E-state index is 12.9. The second-order valence-electron chi connectivity index (χ2n) is 7.31. The minimum Gasteiger partial charge on any atom is -0.353 e. The molecule has 1 saturated carbocycles.